The molecule has 2 aromatic carbocycles. The molecule has 1 aromatic heterocycles. The third kappa shape index (κ3) is 5.48. The third-order valence-electron chi connectivity index (χ3n) is 5.18. The van der Waals surface area contributed by atoms with Gasteiger partial charge in [0.15, 0.2) is 0 Å². The van der Waals surface area contributed by atoms with E-state index in [4.69, 9.17) is 0 Å². The van der Waals surface area contributed by atoms with Crippen molar-refractivity contribution >= 4 is 18.0 Å². The molecule has 3 aromatic rings. The predicted octanol–water partition coefficient (Wildman–Crippen LogP) is 3.52. The number of benzene rings is 2. The fourth-order valence-corrected chi connectivity index (χ4v) is 3.60. The van der Waals surface area contributed by atoms with E-state index in [1.807, 2.05) is 50.2 Å². The SMILES string of the molecule is Cc1ccc(-n2c(C)cc(/C=N\NC(=O)C(=O)NCCc3ccccc3)c2C)c(C)c1. The number of hydrogen-bond acceptors (Lipinski definition) is 3. The Labute approximate surface area is 183 Å². The first-order valence-corrected chi connectivity index (χ1v) is 10.3. The van der Waals surface area contributed by atoms with Crippen LogP contribution in [0.3, 0.4) is 0 Å². The van der Waals surface area contributed by atoms with Crippen LogP contribution in [0.5, 0.6) is 0 Å². The number of aryl methyl sites for hydroxylation is 3. The molecule has 0 aliphatic rings. The van der Waals surface area contributed by atoms with Crippen molar-refractivity contribution in [3.63, 3.8) is 0 Å². The van der Waals surface area contributed by atoms with Crippen LogP contribution in [-0.4, -0.2) is 29.1 Å². The van der Waals surface area contributed by atoms with Crippen LogP contribution in [0.15, 0.2) is 59.7 Å². The summed E-state index contributed by atoms with van der Waals surface area (Å²) >= 11 is 0. The van der Waals surface area contributed by atoms with Crippen LogP contribution < -0.4 is 10.7 Å². The van der Waals surface area contributed by atoms with Crippen molar-refractivity contribution < 1.29 is 9.59 Å². The molecular formula is C25H28N4O2. The van der Waals surface area contributed by atoms with Crippen LogP contribution >= 0.6 is 0 Å². The molecule has 0 radical (unpaired) electrons. The van der Waals surface area contributed by atoms with Gasteiger partial charge in [0.1, 0.15) is 0 Å². The summed E-state index contributed by atoms with van der Waals surface area (Å²) in [6.45, 7) is 8.58. The lowest BCUT2D eigenvalue weighted by molar-refractivity contribution is -0.139. The highest BCUT2D eigenvalue weighted by molar-refractivity contribution is 6.35. The summed E-state index contributed by atoms with van der Waals surface area (Å²) in [5, 5.41) is 6.58. The summed E-state index contributed by atoms with van der Waals surface area (Å²) < 4.78 is 2.16. The number of rotatable bonds is 6. The Kier molecular flexibility index (Phi) is 7.03. The average molecular weight is 417 g/mol. The molecule has 0 aliphatic carbocycles. The Morgan fingerprint density at radius 3 is 2.42 bits per heavy atom. The lowest BCUT2D eigenvalue weighted by atomic mass is 10.1. The zero-order chi connectivity index (χ0) is 22.4. The highest BCUT2D eigenvalue weighted by Crippen LogP contribution is 2.23. The molecule has 2 N–H and O–H groups in total. The van der Waals surface area contributed by atoms with Gasteiger partial charge in [0.05, 0.1) is 6.21 Å². The fourth-order valence-electron chi connectivity index (χ4n) is 3.60. The fraction of sp³-hybridized carbons (Fsp3) is 0.240. The number of carbonyl (C=O) groups excluding carboxylic acids is 2. The summed E-state index contributed by atoms with van der Waals surface area (Å²) in [6, 6.07) is 18.1. The van der Waals surface area contributed by atoms with Gasteiger partial charge in [-0.2, -0.15) is 5.10 Å². The molecule has 6 nitrogen and oxygen atoms in total. The van der Waals surface area contributed by atoms with Crippen molar-refractivity contribution in [2.24, 2.45) is 5.10 Å². The van der Waals surface area contributed by atoms with Gasteiger partial charge in [0.25, 0.3) is 0 Å². The molecule has 0 aliphatic heterocycles. The summed E-state index contributed by atoms with van der Waals surface area (Å²) in [5.41, 5.74) is 9.87. The zero-order valence-electron chi connectivity index (χ0n) is 18.4. The van der Waals surface area contributed by atoms with E-state index in [0.29, 0.717) is 13.0 Å². The van der Waals surface area contributed by atoms with Crippen LogP contribution in [-0.2, 0) is 16.0 Å². The molecule has 160 valence electrons. The van der Waals surface area contributed by atoms with Crippen molar-refractivity contribution in [2.45, 2.75) is 34.1 Å². The maximum Gasteiger partial charge on any atom is 0.329 e. The summed E-state index contributed by atoms with van der Waals surface area (Å²) in [6.07, 6.45) is 2.23. The Morgan fingerprint density at radius 2 is 1.71 bits per heavy atom. The first-order valence-electron chi connectivity index (χ1n) is 10.3. The molecule has 0 saturated carbocycles. The minimum atomic E-state index is -0.785. The van der Waals surface area contributed by atoms with Crippen molar-refractivity contribution in [1.29, 1.82) is 0 Å². The normalized spacial score (nSPS) is 11.0. The number of aromatic nitrogens is 1. The second kappa shape index (κ2) is 9.89. The van der Waals surface area contributed by atoms with E-state index in [1.165, 1.54) is 11.1 Å². The number of nitrogens with zero attached hydrogens (tertiary/aromatic N) is 2. The monoisotopic (exact) mass is 416 g/mol. The second-order valence-corrected chi connectivity index (χ2v) is 7.64. The number of hydrogen-bond donors (Lipinski definition) is 2. The quantitative estimate of drug-likeness (QED) is 0.367. The van der Waals surface area contributed by atoms with E-state index in [1.54, 1.807) is 6.21 Å². The van der Waals surface area contributed by atoms with Gasteiger partial charge in [-0.05, 0) is 57.4 Å². The summed E-state index contributed by atoms with van der Waals surface area (Å²) in [5.74, 6) is -1.48. The highest BCUT2D eigenvalue weighted by Gasteiger charge is 2.13. The van der Waals surface area contributed by atoms with E-state index >= 15 is 0 Å². The number of amides is 2. The maximum atomic E-state index is 12.0. The van der Waals surface area contributed by atoms with E-state index in [9.17, 15) is 9.59 Å². The van der Waals surface area contributed by atoms with Gasteiger partial charge >= 0.3 is 11.8 Å². The van der Waals surface area contributed by atoms with Gasteiger partial charge in [-0.3, -0.25) is 9.59 Å². The first-order chi connectivity index (χ1) is 14.9. The Hall–Kier alpha value is -3.67. The number of nitrogens with one attached hydrogen (secondary N) is 2. The predicted molar refractivity (Wildman–Crippen MR) is 124 cm³/mol. The Morgan fingerprint density at radius 1 is 0.968 bits per heavy atom. The van der Waals surface area contributed by atoms with Gasteiger partial charge in [-0.15, -0.1) is 0 Å². The van der Waals surface area contributed by atoms with E-state index in [2.05, 4.69) is 52.5 Å². The lowest BCUT2D eigenvalue weighted by Gasteiger charge is -2.13. The summed E-state index contributed by atoms with van der Waals surface area (Å²) in [4.78, 5) is 23.9. The van der Waals surface area contributed by atoms with Gasteiger partial charge in [0, 0.05) is 29.2 Å². The summed E-state index contributed by atoms with van der Waals surface area (Å²) in [7, 11) is 0. The van der Waals surface area contributed by atoms with Crippen LogP contribution in [0.1, 0.15) is 33.6 Å². The van der Waals surface area contributed by atoms with Crippen LogP contribution in [0.25, 0.3) is 5.69 Å². The van der Waals surface area contributed by atoms with E-state index in [-0.39, 0.29) is 0 Å². The third-order valence-corrected chi connectivity index (χ3v) is 5.18. The molecule has 0 bridgehead atoms. The van der Waals surface area contributed by atoms with Crippen LogP contribution in [0, 0.1) is 27.7 Å². The molecule has 0 spiro atoms. The standard InChI is InChI=1S/C25H28N4O2/c1-17-10-11-23(18(2)14-17)29-19(3)15-22(20(29)4)16-27-28-25(31)24(30)26-13-12-21-8-6-5-7-9-21/h5-11,14-16H,12-13H2,1-4H3,(H,26,30)(H,28,31)/b27-16-. The molecule has 6 heteroatoms. The largest absolute Gasteiger partial charge is 0.347 e. The minimum absolute atomic E-state index is 0.386. The van der Waals surface area contributed by atoms with Gasteiger partial charge in [-0.25, -0.2) is 5.43 Å². The first kappa shape index (κ1) is 22.0. The lowest BCUT2D eigenvalue weighted by Crippen LogP contribution is -2.38. The molecule has 0 atom stereocenters. The maximum absolute atomic E-state index is 12.0. The molecular weight excluding hydrogens is 388 g/mol. The molecule has 0 unspecified atom stereocenters. The highest BCUT2D eigenvalue weighted by atomic mass is 16.2. The Bertz CT molecular complexity index is 1110. The smallest absolute Gasteiger partial charge is 0.329 e. The van der Waals surface area contributed by atoms with E-state index < -0.39 is 11.8 Å². The minimum Gasteiger partial charge on any atom is -0.347 e. The van der Waals surface area contributed by atoms with Crippen molar-refractivity contribution in [1.82, 2.24) is 15.3 Å². The van der Waals surface area contributed by atoms with Crippen molar-refractivity contribution in [3.8, 4) is 5.69 Å². The van der Waals surface area contributed by atoms with E-state index in [0.717, 1.165) is 28.2 Å². The number of hydrazone groups is 1. The molecule has 1 heterocycles. The van der Waals surface area contributed by atoms with Gasteiger partial charge in [0.2, 0.25) is 0 Å². The van der Waals surface area contributed by atoms with Gasteiger partial charge < -0.3 is 9.88 Å². The van der Waals surface area contributed by atoms with Crippen LogP contribution in [0.2, 0.25) is 0 Å². The number of carbonyl (C=O) groups is 2. The van der Waals surface area contributed by atoms with Crippen molar-refractivity contribution in [2.75, 3.05) is 6.54 Å². The Balaban J connectivity index is 1.59. The topological polar surface area (TPSA) is 75.5 Å². The molecule has 0 fully saturated rings. The molecule has 3 rings (SSSR count). The molecule has 0 saturated heterocycles. The van der Waals surface area contributed by atoms with Crippen LogP contribution in [0.4, 0.5) is 0 Å². The molecule has 31 heavy (non-hydrogen) atoms. The van der Waals surface area contributed by atoms with Crippen molar-refractivity contribution in [3.05, 3.63) is 88.2 Å². The second-order valence-electron chi connectivity index (χ2n) is 7.64. The molecule has 2 amide bonds. The van der Waals surface area contributed by atoms with Gasteiger partial charge in [-0.1, -0.05) is 48.0 Å². The zero-order valence-corrected chi connectivity index (χ0v) is 18.4. The average Bonchev–Trinajstić information content (AvgIpc) is 3.02.